The fraction of sp³-hybridized carbons (Fsp3) is 0.423. The predicted octanol–water partition coefficient (Wildman–Crippen LogP) is 4.87. The first-order chi connectivity index (χ1) is 19.5. The summed E-state index contributed by atoms with van der Waals surface area (Å²) in [6.07, 6.45) is -3.75. The van der Waals surface area contributed by atoms with Gasteiger partial charge in [0.1, 0.15) is 35.7 Å². The van der Waals surface area contributed by atoms with E-state index < -0.39 is 41.2 Å². The highest BCUT2D eigenvalue weighted by Crippen LogP contribution is 2.32. The Morgan fingerprint density at radius 2 is 1.88 bits per heavy atom. The summed E-state index contributed by atoms with van der Waals surface area (Å²) in [5.74, 6) is -2.56. The van der Waals surface area contributed by atoms with Crippen molar-refractivity contribution < 1.29 is 36.4 Å². The molecule has 2 aromatic heterocycles. The number of hydrogen-bond donors (Lipinski definition) is 1. The summed E-state index contributed by atoms with van der Waals surface area (Å²) in [6.45, 7) is 2.09. The number of alkyl halides is 3. The zero-order valence-electron chi connectivity index (χ0n) is 21.8. The Morgan fingerprint density at radius 3 is 2.54 bits per heavy atom. The average molecular weight is 597 g/mol. The fourth-order valence-electron chi connectivity index (χ4n) is 4.72. The molecule has 3 aromatic rings. The SMILES string of the molecule is Cc1cc(C(F)(F)F)nn1CC(=O)N1CCC(c2nc(C3=NOC(CC(=O)Nc4c(F)cccc4F)C3)cs2)CC1. The van der Waals surface area contributed by atoms with E-state index in [1.54, 1.807) is 4.90 Å². The number of halogens is 5. The van der Waals surface area contributed by atoms with Gasteiger partial charge in [0, 0.05) is 36.5 Å². The first-order valence-electron chi connectivity index (χ1n) is 12.8. The van der Waals surface area contributed by atoms with Crippen LogP contribution in [0.5, 0.6) is 0 Å². The number of aromatic nitrogens is 3. The molecule has 1 unspecified atom stereocenters. The first kappa shape index (κ1) is 28.6. The van der Waals surface area contributed by atoms with Crippen molar-refractivity contribution in [2.45, 2.75) is 57.3 Å². The van der Waals surface area contributed by atoms with E-state index in [0.29, 0.717) is 43.8 Å². The van der Waals surface area contributed by atoms with Crippen molar-refractivity contribution in [2.24, 2.45) is 5.16 Å². The molecule has 1 saturated heterocycles. The maximum Gasteiger partial charge on any atom is 0.435 e. The van der Waals surface area contributed by atoms with E-state index in [1.807, 2.05) is 5.38 Å². The Balaban J connectivity index is 1.10. The van der Waals surface area contributed by atoms with Crippen LogP contribution in [0.1, 0.15) is 53.7 Å². The minimum absolute atomic E-state index is 0.0984. The smallest absolute Gasteiger partial charge is 0.391 e. The second-order valence-corrected chi connectivity index (χ2v) is 10.8. The van der Waals surface area contributed by atoms with Crippen LogP contribution in [0.15, 0.2) is 34.8 Å². The number of likely N-dealkylation sites (tertiary alicyclic amines) is 1. The summed E-state index contributed by atoms with van der Waals surface area (Å²) in [6, 6.07) is 4.22. The Hall–Kier alpha value is -3.88. The number of carbonyl (C=O) groups excluding carboxylic acids is 2. The number of thiazole rings is 1. The molecule has 218 valence electrons. The molecular weight excluding hydrogens is 571 g/mol. The molecule has 2 aliphatic heterocycles. The Labute approximate surface area is 235 Å². The van der Waals surface area contributed by atoms with Crippen molar-refractivity contribution in [2.75, 3.05) is 18.4 Å². The quantitative estimate of drug-likeness (QED) is 0.392. The number of para-hydroxylation sites is 1. The van der Waals surface area contributed by atoms with Crippen LogP contribution in [-0.2, 0) is 27.1 Å². The molecule has 41 heavy (non-hydrogen) atoms. The molecule has 0 aliphatic carbocycles. The number of benzene rings is 1. The zero-order valence-corrected chi connectivity index (χ0v) is 22.6. The van der Waals surface area contributed by atoms with Gasteiger partial charge >= 0.3 is 6.18 Å². The number of carbonyl (C=O) groups is 2. The average Bonchev–Trinajstić information content (AvgIpc) is 3.67. The Bertz CT molecular complexity index is 1460. The number of nitrogens with one attached hydrogen (secondary N) is 1. The van der Waals surface area contributed by atoms with Crippen LogP contribution in [0.4, 0.5) is 27.6 Å². The van der Waals surface area contributed by atoms with Crippen LogP contribution in [0.2, 0.25) is 0 Å². The lowest BCUT2D eigenvalue weighted by Gasteiger charge is -2.31. The number of rotatable bonds is 7. The zero-order chi connectivity index (χ0) is 29.3. The molecule has 15 heteroatoms. The summed E-state index contributed by atoms with van der Waals surface area (Å²) in [7, 11) is 0. The van der Waals surface area contributed by atoms with Gasteiger partial charge in [-0.05, 0) is 38.0 Å². The lowest BCUT2D eigenvalue weighted by Crippen LogP contribution is -2.40. The van der Waals surface area contributed by atoms with E-state index >= 15 is 0 Å². The third kappa shape index (κ3) is 6.55. The minimum atomic E-state index is -4.57. The van der Waals surface area contributed by atoms with Crippen LogP contribution < -0.4 is 5.32 Å². The number of amides is 2. The van der Waals surface area contributed by atoms with Gasteiger partial charge in [-0.25, -0.2) is 13.8 Å². The molecule has 2 aliphatic rings. The van der Waals surface area contributed by atoms with Gasteiger partial charge in [0.15, 0.2) is 5.69 Å². The summed E-state index contributed by atoms with van der Waals surface area (Å²) in [5.41, 5.74) is -0.105. The molecular formula is C26H25F5N6O3S. The molecule has 5 rings (SSSR count). The van der Waals surface area contributed by atoms with Gasteiger partial charge < -0.3 is 15.1 Å². The summed E-state index contributed by atoms with van der Waals surface area (Å²) in [5, 5.41) is 12.5. The van der Waals surface area contributed by atoms with Crippen molar-refractivity contribution in [1.29, 1.82) is 0 Å². The van der Waals surface area contributed by atoms with Gasteiger partial charge in [0.25, 0.3) is 0 Å². The maximum atomic E-state index is 13.8. The highest BCUT2D eigenvalue weighted by molar-refractivity contribution is 7.10. The van der Waals surface area contributed by atoms with Crippen molar-refractivity contribution >= 4 is 34.6 Å². The first-order valence-corrected chi connectivity index (χ1v) is 13.7. The minimum Gasteiger partial charge on any atom is -0.391 e. The van der Waals surface area contributed by atoms with E-state index in [1.165, 1.54) is 24.3 Å². The lowest BCUT2D eigenvalue weighted by atomic mass is 9.97. The van der Waals surface area contributed by atoms with Gasteiger partial charge in [0.2, 0.25) is 11.8 Å². The molecule has 4 heterocycles. The second kappa shape index (κ2) is 11.5. The topological polar surface area (TPSA) is 102 Å². The van der Waals surface area contributed by atoms with Gasteiger partial charge in [-0.15, -0.1) is 11.3 Å². The summed E-state index contributed by atoms with van der Waals surface area (Å²) < 4.78 is 67.4. The van der Waals surface area contributed by atoms with E-state index in [2.05, 4.69) is 20.6 Å². The number of aryl methyl sites for hydroxylation is 1. The third-order valence-electron chi connectivity index (χ3n) is 6.94. The van der Waals surface area contributed by atoms with Crippen LogP contribution in [-0.4, -0.2) is 56.4 Å². The third-order valence-corrected chi connectivity index (χ3v) is 7.95. The number of anilines is 1. The molecule has 1 fully saturated rings. The molecule has 9 nitrogen and oxygen atoms in total. The molecule has 0 bridgehead atoms. The molecule has 0 spiro atoms. The van der Waals surface area contributed by atoms with Crippen molar-refractivity contribution in [3.63, 3.8) is 0 Å². The fourth-order valence-corrected chi connectivity index (χ4v) is 5.72. The van der Waals surface area contributed by atoms with Crippen LogP contribution in [0.25, 0.3) is 0 Å². The highest BCUT2D eigenvalue weighted by Gasteiger charge is 2.35. The molecule has 0 saturated carbocycles. The summed E-state index contributed by atoms with van der Waals surface area (Å²) >= 11 is 1.45. The highest BCUT2D eigenvalue weighted by atomic mass is 32.1. The molecule has 1 N–H and O–H groups in total. The van der Waals surface area contributed by atoms with Gasteiger partial charge in [-0.1, -0.05) is 11.2 Å². The van der Waals surface area contributed by atoms with Gasteiger partial charge in [0.05, 0.1) is 17.1 Å². The Kier molecular flexibility index (Phi) is 8.07. The van der Waals surface area contributed by atoms with E-state index in [4.69, 9.17) is 4.84 Å². The van der Waals surface area contributed by atoms with Gasteiger partial charge in [-0.3, -0.25) is 14.3 Å². The van der Waals surface area contributed by atoms with Crippen molar-refractivity contribution in [3.8, 4) is 0 Å². The molecule has 0 radical (unpaired) electrons. The van der Waals surface area contributed by atoms with Crippen LogP contribution in [0, 0.1) is 18.6 Å². The van der Waals surface area contributed by atoms with Crippen molar-refractivity contribution in [1.82, 2.24) is 19.7 Å². The normalized spacial score (nSPS) is 17.9. The maximum absolute atomic E-state index is 13.8. The number of hydrogen-bond acceptors (Lipinski definition) is 7. The van der Waals surface area contributed by atoms with Gasteiger partial charge in [-0.2, -0.15) is 18.3 Å². The number of oxime groups is 1. The van der Waals surface area contributed by atoms with Crippen molar-refractivity contribution in [3.05, 3.63) is 63.4 Å². The van der Waals surface area contributed by atoms with E-state index in [0.717, 1.165) is 27.9 Å². The number of nitrogens with zero attached hydrogens (tertiary/aromatic N) is 5. The Morgan fingerprint density at radius 1 is 1.17 bits per heavy atom. The standard InChI is InChI=1S/C26H25F5N6O3S/c1-14-9-21(26(29,30)31)34-37(14)12-23(39)36-7-5-15(6-8-36)25-32-20(13-41-25)19-10-16(40-35-19)11-22(38)33-24-17(27)3-2-4-18(24)28/h2-4,9,13,15-16H,5-8,10-12H2,1H3,(H,33,38). The van der Waals surface area contributed by atoms with Crippen LogP contribution >= 0.6 is 11.3 Å². The molecule has 1 atom stereocenters. The van der Waals surface area contributed by atoms with E-state index in [9.17, 15) is 31.5 Å². The lowest BCUT2D eigenvalue weighted by molar-refractivity contribution is -0.142. The van der Waals surface area contributed by atoms with E-state index in [-0.39, 0.29) is 30.5 Å². The monoisotopic (exact) mass is 596 g/mol. The largest absolute Gasteiger partial charge is 0.435 e. The second-order valence-electron chi connectivity index (χ2n) is 9.87. The summed E-state index contributed by atoms with van der Waals surface area (Å²) in [4.78, 5) is 36.7. The predicted molar refractivity (Wildman–Crippen MR) is 138 cm³/mol. The molecule has 1 aromatic carbocycles. The number of piperidine rings is 1. The molecule has 2 amide bonds. The van der Waals surface area contributed by atoms with Crippen LogP contribution in [0.3, 0.4) is 0 Å².